The van der Waals surface area contributed by atoms with Crippen LogP contribution in [0.15, 0.2) is 30.3 Å². The SMILES string of the molecule is CC(C)C1CC[C@H](C)CC1OC(=O)[C@@H]1OC[N+](=O)[C@H]1c1ccccc1. The third kappa shape index (κ3) is 3.92. The molecule has 1 aliphatic carbocycles. The van der Waals surface area contributed by atoms with Gasteiger partial charge in [-0.2, -0.15) is 0 Å². The van der Waals surface area contributed by atoms with Crippen molar-refractivity contribution in [1.29, 1.82) is 0 Å². The third-order valence-corrected chi connectivity index (χ3v) is 5.58. The zero-order valence-electron chi connectivity index (χ0n) is 15.3. The van der Waals surface area contributed by atoms with Crippen LogP contribution in [0.3, 0.4) is 0 Å². The number of carbonyl (C=O) groups is 1. The lowest BCUT2D eigenvalue weighted by Gasteiger charge is -2.37. The van der Waals surface area contributed by atoms with Gasteiger partial charge < -0.3 is 4.74 Å². The first-order valence-electron chi connectivity index (χ1n) is 9.28. The van der Waals surface area contributed by atoms with Gasteiger partial charge in [0.15, 0.2) is 0 Å². The van der Waals surface area contributed by atoms with Crippen LogP contribution in [0.1, 0.15) is 51.6 Å². The van der Waals surface area contributed by atoms with Crippen LogP contribution in [0, 0.1) is 22.7 Å². The van der Waals surface area contributed by atoms with Gasteiger partial charge in [0.25, 0.3) is 12.8 Å². The third-order valence-electron chi connectivity index (χ3n) is 5.58. The number of carbonyl (C=O) groups excluding carboxylic acids is 1. The first-order chi connectivity index (χ1) is 12.0. The lowest BCUT2D eigenvalue weighted by atomic mass is 9.75. The fraction of sp³-hybridized carbons (Fsp3) is 0.650. The molecular formula is C20H28NO4+. The molecule has 5 heteroatoms. The van der Waals surface area contributed by atoms with Crippen molar-refractivity contribution in [3.05, 3.63) is 40.8 Å². The summed E-state index contributed by atoms with van der Waals surface area (Å²) >= 11 is 0. The van der Waals surface area contributed by atoms with Crippen LogP contribution in [0.4, 0.5) is 0 Å². The molecule has 1 aliphatic heterocycles. The number of nitroso groups, excluding NO2 is 1. The normalized spacial score (nSPS) is 32.8. The first kappa shape index (κ1) is 18.1. The molecule has 2 fully saturated rings. The smallest absolute Gasteiger partial charge is 0.343 e. The van der Waals surface area contributed by atoms with Crippen molar-refractivity contribution in [3.8, 4) is 0 Å². The van der Waals surface area contributed by atoms with E-state index in [-0.39, 0.29) is 12.8 Å². The highest BCUT2D eigenvalue weighted by atomic mass is 16.6. The van der Waals surface area contributed by atoms with E-state index in [4.69, 9.17) is 9.47 Å². The van der Waals surface area contributed by atoms with E-state index < -0.39 is 18.1 Å². The van der Waals surface area contributed by atoms with Crippen LogP contribution in [-0.4, -0.2) is 29.7 Å². The van der Waals surface area contributed by atoms with E-state index in [0.717, 1.165) is 23.2 Å². The van der Waals surface area contributed by atoms with Crippen LogP contribution >= 0.6 is 0 Å². The van der Waals surface area contributed by atoms with E-state index in [1.807, 2.05) is 30.3 Å². The largest absolute Gasteiger partial charge is 0.460 e. The van der Waals surface area contributed by atoms with Crippen molar-refractivity contribution in [2.45, 2.75) is 58.3 Å². The predicted octanol–water partition coefficient (Wildman–Crippen LogP) is 3.87. The quantitative estimate of drug-likeness (QED) is 0.613. The number of nitrogens with zero attached hydrogens (tertiary/aromatic N) is 1. The van der Waals surface area contributed by atoms with E-state index in [1.165, 1.54) is 6.42 Å². The molecule has 25 heavy (non-hydrogen) atoms. The van der Waals surface area contributed by atoms with Crippen molar-refractivity contribution >= 4 is 5.97 Å². The molecule has 5 atom stereocenters. The topological polar surface area (TPSA) is 55.6 Å². The maximum Gasteiger partial charge on any atom is 0.343 e. The Morgan fingerprint density at radius 2 is 1.96 bits per heavy atom. The van der Waals surface area contributed by atoms with Gasteiger partial charge in [-0.05, 0) is 30.6 Å². The van der Waals surface area contributed by atoms with E-state index in [1.54, 1.807) is 0 Å². The number of ether oxygens (including phenoxy) is 2. The van der Waals surface area contributed by atoms with Gasteiger partial charge in [-0.3, -0.25) is 4.74 Å². The minimum Gasteiger partial charge on any atom is -0.460 e. The molecule has 0 spiro atoms. The Balaban J connectivity index is 1.74. The molecule has 1 saturated carbocycles. The number of hydrogen-bond acceptors (Lipinski definition) is 4. The molecule has 0 amide bonds. The Bertz CT molecular complexity index is 615. The van der Waals surface area contributed by atoms with Crippen LogP contribution in [-0.2, 0) is 14.3 Å². The van der Waals surface area contributed by atoms with Crippen molar-refractivity contribution < 1.29 is 19.0 Å². The highest BCUT2D eigenvalue weighted by Gasteiger charge is 2.50. The molecule has 0 radical (unpaired) electrons. The summed E-state index contributed by atoms with van der Waals surface area (Å²) in [5.74, 6) is 0.992. The van der Waals surface area contributed by atoms with Gasteiger partial charge >= 0.3 is 5.97 Å². The molecule has 136 valence electrons. The number of rotatable bonds is 4. The summed E-state index contributed by atoms with van der Waals surface area (Å²) < 4.78 is 12.2. The molecule has 0 aromatic heterocycles. The number of hydrogen-bond donors (Lipinski definition) is 0. The molecule has 5 nitrogen and oxygen atoms in total. The van der Waals surface area contributed by atoms with Gasteiger partial charge in [0.2, 0.25) is 6.10 Å². The number of esters is 1. The maximum absolute atomic E-state index is 12.8. The molecule has 1 aromatic carbocycles. The summed E-state index contributed by atoms with van der Waals surface area (Å²) in [5, 5.41) is 0. The van der Waals surface area contributed by atoms with E-state index in [9.17, 15) is 9.70 Å². The highest BCUT2D eigenvalue weighted by molar-refractivity contribution is 5.76. The second-order valence-electron chi connectivity index (χ2n) is 7.79. The molecule has 2 aliphatic rings. The van der Waals surface area contributed by atoms with Crippen LogP contribution in [0.2, 0.25) is 0 Å². The zero-order chi connectivity index (χ0) is 18.0. The minimum absolute atomic E-state index is 0.0861. The molecule has 1 heterocycles. The van der Waals surface area contributed by atoms with E-state index >= 15 is 0 Å². The average Bonchev–Trinajstić information content (AvgIpc) is 2.97. The standard InChI is InChI=1S/C20H28NO4/c1-13(2)16-10-9-14(3)11-17(16)25-20(22)19-18(21(23)12-24-19)15-7-5-4-6-8-15/h4-8,13-14,16-19H,9-12H2,1-3H3/q+1/t14-,16?,17?,18-,19+/m0/s1. The van der Waals surface area contributed by atoms with E-state index in [2.05, 4.69) is 20.8 Å². The van der Waals surface area contributed by atoms with Gasteiger partial charge in [-0.25, -0.2) is 4.79 Å². The van der Waals surface area contributed by atoms with Crippen LogP contribution in [0.25, 0.3) is 0 Å². The van der Waals surface area contributed by atoms with Crippen molar-refractivity contribution in [2.75, 3.05) is 6.73 Å². The Labute approximate surface area is 149 Å². The Morgan fingerprint density at radius 1 is 1.24 bits per heavy atom. The van der Waals surface area contributed by atoms with Gasteiger partial charge in [0.05, 0.1) is 0 Å². The monoisotopic (exact) mass is 346 g/mol. The maximum atomic E-state index is 12.8. The van der Waals surface area contributed by atoms with Gasteiger partial charge in [0, 0.05) is 15.2 Å². The van der Waals surface area contributed by atoms with Gasteiger partial charge in [-0.15, -0.1) is 0 Å². The van der Waals surface area contributed by atoms with Gasteiger partial charge in [-0.1, -0.05) is 57.5 Å². The number of benzene rings is 1. The Hall–Kier alpha value is -1.75. The second-order valence-corrected chi connectivity index (χ2v) is 7.79. The van der Waals surface area contributed by atoms with Crippen LogP contribution < -0.4 is 0 Å². The second kappa shape index (κ2) is 7.65. The summed E-state index contributed by atoms with van der Waals surface area (Å²) in [6.07, 6.45) is 2.20. The highest BCUT2D eigenvalue weighted by Crippen LogP contribution is 2.37. The van der Waals surface area contributed by atoms with Crippen molar-refractivity contribution in [1.82, 2.24) is 0 Å². The average molecular weight is 346 g/mol. The molecule has 3 rings (SSSR count). The Kier molecular flexibility index (Phi) is 5.52. The predicted molar refractivity (Wildman–Crippen MR) is 93.8 cm³/mol. The van der Waals surface area contributed by atoms with E-state index in [0.29, 0.717) is 17.8 Å². The molecule has 2 unspecified atom stereocenters. The summed E-state index contributed by atoms with van der Waals surface area (Å²) in [6.45, 7) is 6.46. The fourth-order valence-corrected chi connectivity index (χ4v) is 4.13. The minimum atomic E-state index is -0.857. The molecule has 1 saturated heterocycles. The molecule has 0 N–H and O–H groups in total. The molecule has 1 aromatic rings. The fourth-order valence-electron chi connectivity index (χ4n) is 4.13. The zero-order valence-corrected chi connectivity index (χ0v) is 15.3. The van der Waals surface area contributed by atoms with Gasteiger partial charge in [0.1, 0.15) is 6.10 Å². The first-order valence-corrected chi connectivity index (χ1v) is 9.28. The van der Waals surface area contributed by atoms with Crippen molar-refractivity contribution in [3.63, 3.8) is 0 Å². The molecule has 0 bridgehead atoms. The Morgan fingerprint density at radius 3 is 2.64 bits per heavy atom. The lowest BCUT2D eigenvalue weighted by molar-refractivity contribution is -0.584. The lowest BCUT2D eigenvalue weighted by Crippen LogP contribution is -2.39. The summed E-state index contributed by atoms with van der Waals surface area (Å²) in [6, 6.07) is 8.68. The molecular weight excluding hydrogens is 318 g/mol. The summed E-state index contributed by atoms with van der Waals surface area (Å²) in [7, 11) is 0. The summed E-state index contributed by atoms with van der Waals surface area (Å²) in [5.41, 5.74) is 0.786. The summed E-state index contributed by atoms with van der Waals surface area (Å²) in [4.78, 5) is 25.0. The van der Waals surface area contributed by atoms with Crippen molar-refractivity contribution in [2.24, 2.45) is 17.8 Å². The van der Waals surface area contributed by atoms with Crippen LogP contribution in [0.5, 0.6) is 0 Å².